The van der Waals surface area contributed by atoms with Crippen LogP contribution in [0.1, 0.15) is 39.5 Å². The maximum Gasteiger partial charge on any atom is -0.0168 e. The third-order valence-electron chi connectivity index (χ3n) is 1.81. The van der Waals surface area contributed by atoms with Crippen LogP contribution in [0.4, 0.5) is 0 Å². The molecule has 8 heavy (non-hydrogen) atoms. The molecule has 0 aromatic rings. The van der Waals surface area contributed by atoms with E-state index >= 15 is 0 Å². The predicted molar refractivity (Wildman–Crippen MR) is 35.5 cm³/mol. The van der Waals surface area contributed by atoms with Crippen LogP contribution >= 0.6 is 0 Å². The van der Waals surface area contributed by atoms with Gasteiger partial charge in [-0.3, -0.25) is 0 Å². The summed E-state index contributed by atoms with van der Waals surface area (Å²) in [4.78, 5) is 0. The summed E-state index contributed by atoms with van der Waals surface area (Å²) in [5.74, 6) is 0. The SMILES string of the molecule is CC1(C)C[C]CCC1. The summed E-state index contributed by atoms with van der Waals surface area (Å²) in [6.45, 7) is 4.64. The molecule has 46 valence electrons. The van der Waals surface area contributed by atoms with Gasteiger partial charge in [0.25, 0.3) is 0 Å². The van der Waals surface area contributed by atoms with Gasteiger partial charge in [-0.2, -0.15) is 0 Å². The predicted octanol–water partition coefficient (Wildman–Crippen LogP) is 2.67. The van der Waals surface area contributed by atoms with Gasteiger partial charge in [-0.05, 0) is 31.1 Å². The van der Waals surface area contributed by atoms with E-state index in [1.54, 1.807) is 0 Å². The first-order chi connectivity index (χ1) is 3.71. The topological polar surface area (TPSA) is 0 Å². The second-order valence-corrected chi connectivity index (χ2v) is 3.44. The minimum absolute atomic E-state index is 0.568. The van der Waals surface area contributed by atoms with E-state index in [4.69, 9.17) is 0 Å². The first-order valence-corrected chi connectivity index (χ1v) is 3.41. The van der Waals surface area contributed by atoms with E-state index in [0.717, 1.165) is 0 Å². The fraction of sp³-hybridized carbons (Fsp3) is 0.875. The normalized spacial score (nSPS) is 27.8. The molecule has 0 aromatic heterocycles. The Morgan fingerprint density at radius 2 is 2.12 bits per heavy atom. The largest absolute Gasteiger partial charge is 0.0599 e. The molecule has 0 aliphatic heterocycles. The Morgan fingerprint density at radius 3 is 2.38 bits per heavy atom. The molecule has 0 heteroatoms. The van der Waals surface area contributed by atoms with E-state index in [-0.39, 0.29) is 0 Å². The molecule has 0 atom stereocenters. The smallest absolute Gasteiger partial charge is 0.0168 e. The van der Waals surface area contributed by atoms with Crippen molar-refractivity contribution < 1.29 is 0 Å². The molecule has 0 N–H and O–H groups in total. The van der Waals surface area contributed by atoms with Crippen molar-refractivity contribution in [2.75, 3.05) is 0 Å². The monoisotopic (exact) mass is 110 g/mol. The van der Waals surface area contributed by atoms with Crippen LogP contribution in [0.3, 0.4) is 0 Å². The zero-order chi connectivity index (χ0) is 6.04. The van der Waals surface area contributed by atoms with Crippen LogP contribution in [0.2, 0.25) is 0 Å². The van der Waals surface area contributed by atoms with Crippen LogP contribution in [0.15, 0.2) is 0 Å². The van der Waals surface area contributed by atoms with Gasteiger partial charge in [0.1, 0.15) is 0 Å². The summed E-state index contributed by atoms with van der Waals surface area (Å²) in [6.07, 6.45) is 8.55. The average Bonchev–Trinajstić information content (AvgIpc) is 1.65. The number of hydrogen-bond acceptors (Lipinski definition) is 0. The van der Waals surface area contributed by atoms with Crippen molar-refractivity contribution in [2.24, 2.45) is 5.41 Å². The third-order valence-corrected chi connectivity index (χ3v) is 1.81. The molecule has 1 fully saturated rings. The van der Waals surface area contributed by atoms with Crippen molar-refractivity contribution in [3.63, 3.8) is 0 Å². The standard InChI is InChI=1S/C8H14/c1-8(2)6-4-3-5-7-8/h3-4,6-7H2,1-2H3. The highest BCUT2D eigenvalue weighted by Crippen LogP contribution is 2.33. The Morgan fingerprint density at radius 1 is 1.38 bits per heavy atom. The third kappa shape index (κ3) is 1.50. The molecule has 0 heterocycles. The van der Waals surface area contributed by atoms with Crippen molar-refractivity contribution in [2.45, 2.75) is 39.5 Å². The van der Waals surface area contributed by atoms with Gasteiger partial charge >= 0.3 is 0 Å². The van der Waals surface area contributed by atoms with Gasteiger partial charge in [-0.1, -0.05) is 20.3 Å². The molecule has 0 saturated heterocycles. The Hall–Kier alpha value is 0. The molecular formula is C8H14. The van der Waals surface area contributed by atoms with Gasteiger partial charge in [-0.15, -0.1) is 0 Å². The molecule has 0 unspecified atom stereocenters. The summed E-state index contributed by atoms with van der Waals surface area (Å²) in [6, 6.07) is 0. The van der Waals surface area contributed by atoms with Gasteiger partial charge < -0.3 is 0 Å². The van der Waals surface area contributed by atoms with Crippen LogP contribution in [-0.4, -0.2) is 0 Å². The first-order valence-electron chi connectivity index (χ1n) is 3.41. The summed E-state index contributed by atoms with van der Waals surface area (Å²) < 4.78 is 0. The van der Waals surface area contributed by atoms with Crippen LogP contribution in [0.5, 0.6) is 0 Å². The average molecular weight is 110 g/mol. The van der Waals surface area contributed by atoms with Crippen molar-refractivity contribution in [3.8, 4) is 0 Å². The molecule has 0 bridgehead atoms. The fourth-order valence-electron chi connectivity index (χ4n) is 1.21. The van der Waals surface area contributed by atoms with Gasteiger partial charge in [0.05, 0.1) is 0 Å². The molecular weight excluding hydrogens is 96.1 g/mol. The molecule has 1 rings (SSSR count). The van der Waals surface area contributed by atoms with Crippen LogP contribution < -0.4 is 0 Å². The lowest BCUT2D eigenvalue weighted by Crippen LogP contribution is -2.15. The Kier molecular flexibility index (Phi) is 1.59. The summed E-state index contributed by atoms with van der Waals surface area (Å²) in [5, 5.41) is 0. The second-order valence-electron chi connectivity index (χ2n) is 3.44. The quantitative estimate of drug-likeness (QED) is 0.449. The van der Waals surface area contributed by atoms with E-state index < -0.39 is 0 Å². The highest BCUT2D eigenvalue weighted by Gasteiger charge is 2.20. The zero-order valence-electron chi connectivity index (χ0n) is 5.83. The van der Waals surface area contributed by atoms with Crippen LogP contribution in [0, 0.1) is 11.8 Å². The lowest BCUT2D eigenvalue weighted by Gasteiger charge is -2.28. The summed E-state index contributed by atoms with van der Waals surface area (Å²) in [7, 11) is 0. The molecule has 0 amide bonds. The molecule has 0 spiro atoms. The number of hydrogen-bond donors (Lipinski definition) is 0. The van der Waals surface area contributed by atoms with E-state index in [2.05, 4.69) is 20.3 Å². The van der Waals surface area contributed by atoms with Crippen LogP contribution in [-0.2, 0) is 0 Å². The Bertz CT molecular complexity index is 64.1. The molecule has 1 aliphatic rings. The van der Waals surface area contributed by atoms with Crippen molar-refractivity contribution >= 4 is 0 Å². The molecule has 2 radical (unpaired) electrons. The molecule has 1 aliphatic carbocycles. The van der Waals surface area contributed by atoms with Gasteiger partial charge in [0.15, 0.2) is 0 Å². The van der Waals surface area contributed by atoms with Crippen LogP contribution in [0.25, 0.3) is 0 Å². The molecule has 1 saturated carbocycles. The van der Waals surface area contributed by atoms with E-state index in [0.29, 0.717) is 5.41 Å². The summed E-state index contributed by atoms with van der Waals surface area (Å²) >= 11 is 0. The lowest BCUT2D eigenvalue weighted by molar-refractivity contribution is 0.285. The second kappa shape index (κ2) is 2.08. The van der Waals surface area contributed by atoms with E-state index in [9.17, 15) is 0 Å². The highest BCUT2D eigenvalue weighted by atomic mass is 14.3. The maximum absolute atomic E-state index is 3.38. The van der Waals surface area contributed by atoms with Crippen molar-refractivity contribution in [1.82, 2.24) is 0 Å². The Balaban J connectivity index is 2.33. The fourth-order valence-corrected chi connectivity index (χ4v) is 1.21. The van der Waals surface area contributed by atoms with E-state index in [1.165, 1.54) is 25.7 Å². The van der Waals surface area contributed by atoms with E-state index in [1.807, 2.05) is 0 Å². The summed E-state index contributed by atoms with van der Waals surface area (Å²) in [5.41, 5.74) is 0.568. The van der Waals surface area contributed by atoms with Crippen molar-refractivity contribution in [3.05, 3.63) is 6.42 Å². The zero-order valence-corrected chi connectivity index (χ0v) is 5.83. The van der Waals surface area contributed by atoms with Gasteiger partial charge in [0.2, 0.25) is 0 Å². The number of rotatable bonds is 0. The van der Waals surface area contributed by atoms with Crippen molar-refractivity contribution in [1.29, 1.82) is 0 Å². The van der Waals surface area contributed by atoms with Gasteiger partial charge in [-0.25, -0.2) is 0 Å². The lowest BCUT2D eigenvalue weighted by atomic mass is 9.78. The highest BCUT2D eigenvalue weighted by molar-refractivity contribution is 4.82. The molecule has 0 aromatic carbocycles. The van der Waals surface area contributed by atoms with Gasteiger partial charge in [0, 0.05) is 0 Å². The minimum atomic E-state index is 0.568. The maximum atomic E-state index is 3.38. The minimum Gasteiger partial charge on any atom is -0.0599 e. The molecule has 0 nitrogen and oxygen atoms in total. The first kappa shape index (κ1) is 6.12. The Labute approximate surface area is 52.3 Å².